The molecule has 1 heterocycles. The van der Waals surface area contributed by atoms with Gasteiger partial charge in [0.1, 0.15) is 0 Å². The maximum absolute atomic E-state index is 12.0. The van der Waals surface area contributed by atoms with Gasteiger partial charge in [-0.3, -0.25) is 9.69 Å². The summed E-state index contributed by atoms with van der Waals surface area (Å²) in [4.78, 5) is 14.4. The molecule has 0 bridgehead atoms. The maximum Gasteiger partial charge on any atom is 0.220 e. The zero-order chi connectivity index (χ0) is 15.2. The summed E-state index contributed by atoms with van der Waals surface area (Å²) in [5, 5.41) is 3.03. The Hall–Kier alpha value is -0.650. The number of nitrogens with zero attached hydrogens (tertiary/aromatic N) is 1. The molecule has 122 valence electrons. The molecule has 0 aromatic carbocycles. The van der Waals surface area contributed by atoms with Crippen LogP contribution in [-0.2, 0) is 9.53 Å². The lowest BCUT2D eigenvalue weighted by Gasteiger charge is -2.34. The van der Waals surface area contributed by atoms with E-state index in [0.717, 1.165) is 45.5 Å². The van der Waals surface area contributed by atoms with Crippen molar-refractivity contribution in [2.24, 2.45) is 17.6 Å². The van der Waals surface area contributed by atoms with Crippen molar-refractivity contribution < 1.29 is 9.53 Å². The summed E-state index contributed by atoms with van der Waals surface area (Å²) < 4.78 is 5.75. The first-order chi connectivity index (χ1) is 10.0. The summed E-state index contributed by atoms with van der Waals surface area (Å²) in [6.07, 6.45) is 4.02. The van der Waals surface area contributed by atoms with Crippen molar-refractivity contribution in [3.8, 4) is 0 Å². The number of hydrogen-bond donors (Lipinski definition) is 2. The lowest BCUT2D eigenvalue weighted by Crippen LogP contribution is -2.48. The number of carbonyl (C=O) groups is 1. The van der Waals surface area contributed by atoms with E-state index in [0.29, 0.717) is 24.8 Å². The van der Waals surface area contributed by atoms with Crippen LogP contribution in [0.15, 0.2) is 0 Å². The summed E-state index contributed by atoms with van der Waals surface area (Å²) >= 11 is 0. The van der Waals surface area contributed by atoms with E-state index in [2.05, 4.69) is 24.1 Å². The molecule has 1 aliphatic carbocycles. The fourth-order valence-corrected chi connectivity index (χ4v) is 3.44. The van der Waals surface area contributed by atoms with Gasteiger partial charge in [-0.05, 0) is 24.7 Å². The van der Waals surface area contributed by atoms with Crippen LogP contribution in [0.2, 0.25) is 0 Å². The van der Waals surface area contributed by atoms with Gasteiger partial charge in [-0.25, -0.2) is 0 Å². The number of ether oxygens (including phenoxy) is 1. The Kier molecular flexibility index (Phi) is 6.45. The van der Waals surface area contributed by atoms with Crippen molar-refractivity contribution in [2.45, 2.75) is 51.7 Å². The van der Waals surface area contributed by atoms with E-state index in [-0.39, 0.29) is 18.1 Å². The van der Waals surface area contributed by atoms with Crippen LogP contribution in [0.25, 0.3) is 0 Å². The normalized spacial score (nSPS) is 30.8. The Labute approximate surface area is 128 Å². The first-order valence-electron chi connectivity index (χ1n) is 8.41. The second-order valence-electron chi connectivity index (χ2n) is 7.01. The molecule has 3 atom stereocenters. The van der Waals surface area contributed by atoms with Gasteiger partial charge in [-0.1, -0.05) is 20.3 Å². The molecule has 5 nitrogen and oxygen atoms in total. The lowest BCUT2D eigenvalue weighted by molar-refractivity contribution is -0.123. The number of amides is 1. The van der Waals surface area contributed by atoms with Gasteiger partial charge in [0.15, 0.2) is 0 Å². The van der Waals surface area contributed by atoms with Crippen molar-refractivity contribution in [3.05, 3.63) is 0 Å². The van der Waals surface area contributed by atoms with Gasteiger partial charge < -0.3 is 15.8 Å². The first-order valence-corrected chi connectivity index (χ1v) is 8.41. The summed E-state index contributed by atoms with van der Waals surface area (Å²) in [6, 6.07) is 0.211. The average molecular weight is 297 g/mol. The molecule has 1 unspecified atom stereocenters. The molecule has 0 aromatic heterocycles. The van der Waals surface area contributed by atoms with E-state index in [1.165, 1.54) is 0 Å². The molecule has 0 radical (unpaired) electrons. The van der Waals surface area contributed by atoms with Crippen LogP contribution in [0, 0.1) is 11.8 Å². The van der Waals surface area contributed by atoms with E-state index in [9.17, 15) is 4.79 Å². The number of nitrogens with one attached hydrogen (secondary N) is 1. The highest BCUT2D eigenvalue weighted by atomic mass is 16.5. The van der Waals surface area contributed by atoms with Crippen molar-refractivity contribution in [2.75, 3.05) is 32.8 Å². The fourth-order valence-electron chi connectivity index (χ4n) is 3.44. The molecule has 2 rings (SSSR count). The number of nitrogens with two attached hydrogens (primary N) is 1. The zero-order valence-corrected chi connectivity index (χ0v) is 13.5. The third kappa shape index (κ3) is 5.57. The monoisotopic (exact) mass is 297 g/mol. The van der Waals surface area contributed by atoms with Crippen molar-refractivity contribution in [1.82, 2.24) is 10.2 Å². The van der Waals surface area contributed by atoms with Gasteiger partial charge in [0, 0.05) is 38.6 Å². The Morgan fingerprint density at radius 2 is 2.24 bits per heavy atom. The molecule has 1 saturated carbocycles. The smallest absolute Gasteiger partial charge is 0.220 e. The average Bonchev–Trinajstić information content (AvgIpc) is 2.82. The quantitative estimate of drug-likeness (QED) is 0.767. The number of rotatable bonds is 6. The second kappa shape index (κ2) is 8.11. The van der Waals surface area contributed by atoms with Crippen LogP contribution in [0.4, 0.5) is 0 Å². The predicted octanol–water partition coefficient (Wildman–Crippen LogP) is 0.977. The first kappa shape index (κ1) is 16.7. The molecule has 0 spiro atoms. The SMILES string of the molecule is CC(C)CN1CCOC(CNC(=O)C[C@@H]2CCC[C@H]2N)C1. The van der Waals surface area contributed by atoms with Crippen LogP contribution >= 0.6 is 0 Å². The molecule has 1 amide bonds. The summed E-state index contributed by atoms with van der Waals surface area (Å²) in [5.41, 5.74) is 6.02. The molecule has 1 saturated heterocycles. The van der Waals surface area contributed by atoms with Crippen molar-refractivity contribution in [1.29, 1.82) is 0 Å². The highest BCUT2D eigenvalue weighted by Crippen LogP contribution is 2.26. The molecule has 21 heavy (non-hydrogen) atoms. The highest BCUT2D eigenvalue weighted by Gasteiger charge is 2.27. The second-order valence-corrected chi connectivity index (χ2v) is 7.01. The summed E-state index contributed by atoms with van der Waals surface area (Å²) in [5.74, 6) is 1.17. The Balaban J connectivity index is 1.66. The summed E-state index contributed by atoms with van der Waals surface area (Å²) in [6.45, 7) is 8.87. The van der Waals surface area contributed by atoms with E-state index >= 15 is 0 Å². The van der Waals surface area contributed by atoms with E-state index in [1.54, 1.807) is 0 Å². The fraction of sp³-hybridized carbons (Fsp3) is 0.938. The molecule has 3 N–H and O–H groups in total. The third-order valence-electron chi connectivity index (χ3n) is 4.54. The molecule has 0 aromatic rings. The van der Waals surface area contributed by atoms with Crippen LogP contribution in [0.5, 0.6) is 0 Å². The standard InChI is InChI=1S/C16H31N3O2/c1-12(2)10-19-6-7-21-14(11-19)9-18-16(20)8-13-4-3-5-15(13)17/h12-15H,3-11,17H2,1-2H3,(H,18,20)/t13-,14?,15+/m0/s1. The maximum atomic E-state index is 12.0. The van der Waals surface area contributed by atoms with Gasteiger partial charge in [-0.15, -0.1) is 0 Å². The van der Waals surface area contributed by atoms with Crippen LogP contribution < -0.4 is 11.1 Å². The molecule has 2 aliphatic rings. The van der Waals surface area contributed by atoms with Gasteiger partial charge in [0.2, 0.25) is 5.91 Å². The minimum atomic E-state index is 0.124. The molecule has 5 heteroatoms. The predicted molar refractivity (Wildman–Crippen MR) is 84.0 cm³/mol. The lowest BCUT2D eigenvalue weighted by atomic mass is 10.00. The molecule has 2 fully saturated rings. The number of carbonyl (C=O) groups excluding carboxylic acids is 1. The number of morpholine rings is 1. The van der Waals surface area contributed by atoms with E-state index in [4.69, 9.17) is 10.5 Å². The zero-order valence-electron chi connectivity index (χ0n) is 13.5. The Bertz CT molecular complexity index is 335. The van der Waals surface area contributed by atoms with Gasteiger partial charge >= 0.3 is 0 Å². The van der Waals surface area contributed by atoms with Crippen LogP contribution in [0.1, 0.15) is 39.5 Å². The summed E-state index contributed by atoms with van der Waals surface area (Å²) in [7, 11) is 0. The topological polar surface area (TPSA) is 67.6 Å². The Morgan fingerprint density at radius 3 is 2.90 bits per heavy atom. The Morgan fingerprint density at radius 1 is 1.43 bits per heavy atom. The third-order valence-corrected chi connectivity index (χ3v) is 4.54. The van der Waals surface area contributed by atoms with Crippen LogP contribution in [-0.4, -0.2) is 55.7 Å². The van der Waals surface area contributed by atoms with Gasteiger partial charge in [-0.2, -0.15) is 0 Å². The van der Waals surface area contributed by atoms with Crippen molar-refractivity contribution in [3.63, 3.8) is 0 Å². The van der Waals surface area contributed by atoms with Gasteiger partial charge in [0.05, 0.1) is 12.7 Å². The largest absolute Gasteiger partial charge is 0.374 e. The minimum Gasteiger partial charge on any atom is -0.374 e. The number of hydrogen-bond acceptors (Lipinski definition) is 4. The van der Waals surface area contributed by atoms with Crippen LogP contribution in [0.3, 0.4) is 0 Å². The highest BCUT2D eigenvalue weighted by molar-refractivity contribution is 5.76. The van der Waals surface area contributed by atoms with E-state index in [1.807, 2.05) is 0 Å². The molecular weight excluding hydrogens is 266 g/mol. The van der Waals surface area contributed by atoms with Gasteiger partial charge in [0.25, 0.3) is 0 Å². The van der Waals surface area contributed by atoms with Crippen molar-refractivity contribution >= 4 is 5.91 Å². The molecular formula is C16H31N3O2. The minimum absolute atomic E-state index is 0.124. The molecule has 1 aliphatic heterocycles. The van der Waals surface area contributed by atoms with E-state index < -0.39 is 0 Å².